The van der Waals surface area contributed by atoms with Crippen LogP contribution in [0.2, 0.25) is 0 Å². The lowest BCUT2D eigenvalue weighted by atomic mass is 10.0. The molecular formula is C18H18FN5O2. The Labute approximate surface area is 149 Å². The fourth-order valence-electron chi connectivity index (χ4n) is 3.52. The van der Waals surface area contributed by atoms with Gasteiger partial charge in [0.05, 0.1) is 13.2 Å². The van der Waals surface area contributed by atoms with Crippen LogP contribution < -0.4 is 15.4 Å². The number of carbonyl (C=O) groups is 1. The van der Waals surface area contributed by atoms with E-state index >= 15 is 0 Å². The van der Waals surface area contributed by atoms with E-state index in [-0.39, 0.29) is 23.3 Å². The molecule has 3 aromatic rings. The zero-order chi connectivity index (χ0) is 18.3. The number of benzene rings is 1. The van der Waals surface area contributed by atoms with Crippen LogP contribution in [-0.4, -0.2) is 34.2 Å². The highest BCUT2D eigenvalue weighted by atomic mass is 19.1. The summed E-state index contributed by atoms with van der Waals surface area (Å²) < 4.78 is 20.2. The summed E-state index contributed by atoms with van der Waals surface area (Å²) in [6, 6.07) is 8.47. The summed E-state index contributed by atoms with van der Waals surface area (Å²) in [5.41, 5.74) is 6.87. The topological polar surface area (TPSA) is 85.8 Å². The van der Waals surface area contributed by atoms with Gasteiger partial charge in [0.15, 0.2) is 5.65 Å². The normalized spacial score (nSPS) is 17.0. The van der Waals surface area contributed by atoms with E-state index in [1.807, 2.05) is 12.1 Å². The molecule has 1 aliphatic rings. The van der Waals surface area contributed by atoms with Gasteiger partial charge in [0.25, 0.3) is 5.91 Å². The molecule has 1 fully saturated rings. The number of methoxy groups -OCH3 is 1. The van der Waals surface area contributed by atoms with E-state index < -0.39 is 5.91 Å². The highest BCUT2D eigenvalue weighted by molar-refractivity contribution is 6.01. The molecule has 1 amide bonds. The third-order valence-electron chi connectivity index (χ3n) is 4.66. The van der Waals surface area contributed by atoms with Gasteiger partial charge in [-0.3, -0.25) is 4.79 Å². The molecule has 7 nitrogen and oxygen atoms in total. The number of fused-ring (bicyclic) bond motifs is 1. The molecule has 0 spiro atoms. The lowest BCUT2D eigenvalue weighted by Crippen LogP contribution is -2.24. The Hall–Kier alpha value is -3.16. The Bertz CT molecular complexity index is 987. The Morgan fingerprint density at radius 3 is 2.96 bits per heavy atom. The van der Waals surface area contributed by atoms with Crippen LogP contribution in [0.1, 0.15) is 34.8 Å². The zero-order valence-electron chi connectivity index (χ0n) is 14.2. The van der Waals surface area contributed by atoms with Crippen molar-refractivity contribution in [1.82, 2.24) is 14.6 Å². The Kier molecular flexibility index (Phi) is 3.95. The first-order valence-corrected chi connectivity index (χ1v) is 8.34. The van der Waals surface area contributed by atoms with E-state index in [1.165, 1.54) is 17.7 Å². The smallest absolute Gasteiger partial charge is 0.258 e. The fraction of sp³-hybridized carbons (Fsp3) is 0.278. The summed E-state index contributed by atoms with van der Waals surface area (Å²) in [6.07, 6.45) is 3.59. The van der Waals surface area contributed by atoms with Crippen molar-refractivity contribution in [3.05, 3.63) is 53.5 Å². The summed E-state index contributed by atoms with van der Waals surface area (Å²) >= 11 is 0. The maximum absolute atomic E-state index is 13.6. The predicted octanol–water partition coefficient (Wildman–Crippen LogP) is 2.32. The van der Waals surface area contributed by atoms with Crippen LogP contribution in [0.15, 0.2) is 36.5 Å². The number of aromatic nitrogens is 3. The minimum absolute atomic E-state index is 0.0301. The molecule has 26 heavy (non-hydrogen) atoms. The van der Waals surface area contributed by atoms with E-state index in [1.54, 1.807) is 18.3 Å². The standard InChI is InChI=1S/C18H18FN5O2/c1-26-18-15(16(20)25)17-21-14(7-9-24(17)22-18)23-8-3-6-13(23)11-4-2-5-12(19)10-11/h2,4-5,7,9-10,13H,3,6,8H2,1H3,(H2,20,25)/t13-/m1/s1. The molecule has 1 aromatic carbocycles. The minimum Gasteiger partial charge on any atom is -0.479 e. The van der Waals surface area contributed by atoms with Crippen LogP contribution >= 0.6 is 0 Å². The molecule has 2 N–H and O–H groups in total. The first kappa shape index (κ1) is 16.3. The van der Waals surface area contributed by atoms with Crippen LogP contribution in [0.4, 0.5) is 10.2 Å². The molecule has 8 heteroatoms. The van der Waals surface area contributed by atoms with Crippen molar-refractivity contribution in [2.24, 2.45) is 5.73 Å². The first-order chi connectivity index (χ1) is 12.6. The fourth-order valence-corrected chi connectivity index (χ4v) is 3.52. The van der Waals surface area contributed by atoms with Crippen LogP contribution in [0.25, 0.3) is 5.65 Å². The quantitative estimate of drug-likeness (QED) is 0.776. The monoisotopic (exact) mass is 355 g/mol. The molecule has 0 aliphatic carbocycles. The number of amides is 1. The average molecular weight is 355 g/mol. The molecule has 0 radical (unpaired) electrons. The van der Waals surface area contributed by atoms with Crippen molar-refractivity contribution in [2.45, 2.75) is 18.9 Å². The zero-order valence-corrected chi connectivity index (χ0v) is 14.2. The Morgan fingerprint density at radius 2 is 2.23 bits per heavy atom. The predicted molar refractivity (Wildman–Crippen MR) is 93.8 cm³/mol. The number of anilines is 1. The number of hydrogen-bond donors (Lipinski definition) is 1. The average Bonchev–Trinajstić information content (AvgIpc) is 3.25. The van der Waals surface area contributed by atoms with Crippen molar-refractivity contribution < 1.29 is 13.9 Å². The molecule has 3 heterocycles. The molecule has 1 saturated heterocycles. The molecule has 2 aromatic heterocycles. The third-order valence-corrected chi connectivity index (χ3v) is 4.66. The number of rotatable bonds is 4. The van der Waals surface area contributed by atoms with Crippen LogP contribution in [0.5, 0.6) is 5.88 Å². The van der Waals surface area contributed by atoms with Gasteiger partial charge in [-0.2, -0.15) is 0 Å². The van der Waals surface area contributed by atoms with E-state index in [4.69, 9.17) is 10.5 Å². The van der Waals surface area contributed by atoms with Gasteiger partial charge < -0.3 is 15.4 Å². The molecule has 0 bridgehead atoms. The van der Waals surface area contributed by atoms with Gasteiger partial charge >= 0.3 is 0 Å². The van der Waals surface area contributed by atoms with Crippen molar-refractivity contribution in [2.75, 3.05) is 18.6 Å². The molecule has 1 atom stereocenters. The number of ether oxygens (including phenoxy) is 1. The summed E-state index contributed by atoms with van der Waals surface area (Å²) in [5, 5.41) is 4.17. The third kappa shape index (κ3) is 2.63. The van der Waals surface area contributed by atoms with Crippen molar-refractivity contribution in [3.63, 3.8) is 0 Å². The van der Waals surface area contributed by atoms with Crippen molar-refractivity contribution in [3.8, 4) is 5.88 Å². The molecule has 1 aliphatic heterocycles. The lowest BCUT2D eigenvalue weighted by molar-refractivity contribution is 0.0998. The highest BCUT2D eigenvalue weighted by Crippen LogP contribution is 2.36. The number of nitrogens with zero attached hydrogens (tertiary/aromatic N) is 4. The number of halogens is 1. The SMILES string of the molecule is COc1nn2ccc(N3CCC[C@@H]3c3cccc(F)c3)nc2c1C(N)=O. The minimum atomic E-state index is -0.649. The second kappa shape index (κ2) is 6.29. The van der Waals surface area contributed by atoms with E-state index in [0.717, 1.165) is 24.9 Å². The van der Waals surface area contributed by atoms with Crippen molar-refractivity contribution in [1.29, 1.82) is 0 Å². The molecular weight excluding hydrogens is 337 g/mol. The summed E-state index contributed by atoms with van der Waals surface area (Å²) in [4.78, 5) is 18.5. The Balaban J connectivity index is 1.78. The number of nitrogens with two attached hydrogens (primary N) is 1. The first-order valence-electron chi connectivity index (χ1n) is 8.34. The highest BCUT2D eigenvalue weighted by Gasteiger charge is 2.28. The number of hydrogen-bond acceptors (Lipinski definition) is 5. The lowest BCUT2D eigenvalue weighted by Gasteiger charge is -2.26. The van der Waals surface area contributed by atoms with Crippen LogP contribution in [-0.2, 0) is 0 Å². The summed E-state index contributed by atoms with van der Waals surface area (Å²) in [6.45, 7) is 0.793. The summed E-state index contributed by atoms with van der Waals surface area (Å²) in [5.74, 6) is -0.0709. The molecule has 4 rings (SSSR count). The van der Waals surface area contributed by atoms with Gasteiger partial charge in [-0.1, -0.05) is 12.1 Å². The van der Waals surface area contributed by atoms with Gasteiger partial charge in [-0.05, 0) is 36.6 Å². The van der Waals surface area contributed by atoms with Gasteiger partial charge in [-0.25, -0.2) is 13.9 Å². The molecule has 0 saturated carbocycles. The number of carbonyl (C=O) groups excluding carboxylic acids is 1. The second-order valence-electron chi connectivity index (χ2n) is 6.21. The largest absolute Gasteiger partial charge is 0.479 e. The Morgan fingerprint density at radius 1 is 1.38 bits per heavy atom. The molecule has 0 unspecified atom stereocenters. The number of primary amides is 1. The van der Waals surface area contributed by atoms with Gasteiger partial charge in [0.2, 0.25) is 5.88 Å². The summed E-state index contributed by atoms with van der Waals surface area (Å²) in [7, 11) is 1.43. The maximum atomic E-state index is 13.6. The van der Waals surface area contributed by atoms with Gasteiger partial charge in [-0.15, -0.1) is 5.10 Å². The van der Waals surface area contributed by atoms with Crippen LogP contribution in [0.3, 0.4) is 0 Å². The molecule has 134 valence electrons. The van der Waals surface area contributed by atoms with Crippen molar-refractivity contribution >= 4 is 17.4 Å². The van der Waals surface area contributed by atoms with E-state index in [2.05, 4.69) is 15.0 Å². The second-order valence-corrected chi connectivity index (χ2v) is 6.21. The van der Waals surface area contributed by atoms with E-state index in [0.29, 0.717) is 11.5 Å². The van der Waals surface area contributed by atoms with Crippen LogP contribution in [0, 0.1) is 5.82 Å². The van der Waals surface area contributed by atoms with Gasteiger partial charge in [0, 0.05) is 12.7 Å². The van der Waals surface area contributed by atoms with Gasteiger partial charge in [0.1, 0.15) is 17.2 Å². The van der Waals surface area contributed by atoms with E-state index in [9.17, 15) is 9.18 Å². The maximum Gasteiger partial charge on any atom is 0.258 e.